The molecular weight excluding hydrogens is 387 g/mol. The maximum absolute atomic E-state index is 12.7. The smallest absolute Gasteiger partial charge is 0.253 e. The molecule has 0 spiro atoms. The van der Waals surface area contributed by atoms with Crippen molar-refractivity contribution >= 4 is 36.6 Å². The number of halogens is 2. The van der Waals surface area contributed by atoms with Crippen molar-refractivity contribution in [1.82, 2.24) is 15.2 Å². The van der Waals surface area contributed by atoms with E-state index in [-0.39, 0.29) is 42.5 Å². The van der Waals surface area contributed by atoms with Gasteiger partial charge in [0.1, 0.15) is 0 Å². The summed E-state index contributed by atoms with van der Waals surface area (Å²) in [4.78, 5) is 31.1. The molecule has 154 valence electrons. The van der Waals surface area contributed by atoms with Gasteiger partial charge < -0.3 is 16.0 Å². The minimum atomic E-state index is -0.400. The predicted molar refractivity (Wildman–Crippen MR) is 112 cm³/mol. The van der Waals surface area contributed by atoms with Crippen LogP contribution in [-0.4, -0.2) is 46.9 Å². The maximum Gasteiger partial charge on any atom is 0.253 e. The van der Waals surface area contributed by atoms with E-state index in [1.807, 2.05) is 6.92 Å². The van der Waals surface area contributed by atoms with Gasteiger partial charge in [0.2, 0.25) is 5.91 Å². The Morgan fingerprint density at radius 3 is 2.52 bits per heavy atom. The molecule has 0 radical (unpaired) electrons. The largest absolute Gasteiger partial charge is 0.349 e. The topological polar surface area (TPSA) is 88.3 Å². The molecule has 2 amide bonds. The van der Waals surface area contributed by atoms with Crippen molar-refractivity contribution in [2.24, 2.45) is 17.6 Å². The second kappa shape index (κ2) is 11.5. The Balaban J connectivity index is 0.00000338. The van der Waals surface area contributed by atoms with Gasteiger partial charge in [-0.05, 0) is 44.2 Å². The molecule has 27 heavy (non-hydrogen) atoms. The van der Waals surface area contributed by atoms with Crippen LogP contribution in [0.5, 0.6) is 0 Å². The highest BCUT2D eigenvalue weighted by atomic mass is 35.5. The molecule has 2 unspecified atom stereocenters. The van der Waals surface area contributed by atoms with Gasteiger partial charge >= 0.3 is 0 Å². The maximum atomic E-state index is 12.7. The summed E-state index contributed by atoms with van der Waals surface area (Å²) in [5, 5.41) is 3.13. The third-order valence-electron chi connectivity index (χ3n) is 4.74. The van der Waals surface area contributed by atoms with E-state index in [1.54, 1.807) is 29.4 Å². The molecule has 2 heterocycles. The van der Waals surface area contributed by atoms with Gasteiger partial charge in [-0.25, -0.2) is 0 Å². The molecule has 8 heteroatoms. The van der Waals surface area contributed by atoms with Crippen LogP contribution in [0.4, 0.5) is 0 Å². The highest BCUT2D eigenvalue weighted by Crippen LogP contribution is 2.21. The van der Waals surface area contributed by atoms with Crippen molar-refractivity contribution in [1.29, 1.82) is 0 Å². The zero-order valence-electron chi connectivity index (χ0n) is 16.3. The Hall–Kier alpha value is -1.37. The number of hydrogen-bond donors (Lipinski definition) is 2. The predicted octanol–water partition coefficient (Wildman–Crippen LogP) is 2.66. The molecule has 1 aromatic rings. The van der Waals surface area contributed by atoms with Gasteiger partial charge in [0.25, 0.3) is 5.91 Å². The molecular formula is C19H32Cl2N4O2. The highest BCUT2D eigenvalue weighted by molar-refractivity contribution is 5.94. The number of aromatic nitrogens is 1. The molecule has 0 saturated carbocycles. The number of rotatable bonds is 6. The van der Waals surface area contributed by atoms with E-state index in [1.165, 1.54) is 0 Å². The minimum absolute atomic E-state index is 0. The molecule has 1 saturated heterocycles. The molecule has 1 aliphatic heterocycles. The first-order chi connectivity index (χ1) is 11.8. The van der Waals surface area contributed by atoms with Gasteiger partial charge in [-0.1, -0.05) is 13.8 Å². The SMILES string of the molecule is CC(C)CC(C)(CN)NC(=O)C1CCCN(C(=O)c2ccncc2)C1.Cl.Cl. The standard InChI is InChI=1S/C19H30N4O2.2ClH/c1-14(2)11-19(3,13-20)22-17(24)16-5-4-10-23(12-16)18(25)15-6-8-21-9-7-15;;/h6-9,14,16H,4-5,10-13,20H2,1-3H3,(H,22,24);2*1H. The van der Waals surface area contributed by atoms with E-state index in [4.69, 9.17) is 5.73 Å². The monoisotopic (exact) mass is 418 g/mol. The van der Waals surface area contributed by atoms with Gasteiger partial charge in [-0.15, -0.1) is 24.8 Å². The van der Waals surface area contributed by atoms with Crippen molar-refractivity contribution in [3.8, 4) is 0 Å². The van der Waals surface area contributed by atoms with Crippen LogP contribution in [0.15, 0.2) is 24.5 Å². The van der Waals surface area contributed by atoms with Crippen LogP contribution < -0.4 is 11.1 Å². The minimum Gasteiger partial charge on any atom is -0.349 e. The third kappa shape index (κ3) is 7.28. The molecule has 1 aromatic heterocycles. The molecule has 1 aliphatic rings. The van der Waals surface area contributed by atoms with E-state index in [0.717, 1.165) is 19.3 Å². The number of pyridine rings is 1. The first kappa shape index (κ1) is 25.6. The molecule has 0 aromatic carbocycles. The average molecular weight is 419 g/mol. The summed E-state index contributed by atoms with van der Waals surface area (Å²) in [5.74, 6) is 0.229. The first-order valence-electron chi connectivity index (χ1n) is 9.06. The summed E-state index contributed by atoms with van der Waals surface area (Å²) in [6.45, 7) is 7.78. The zero-order chi connectivity index (χ0) is 18.4. The molecule has 3 N–H and O–H groups in total. The molecule has 6 nitrogen and oxygen atoms in total. The lowest BCUT2D eigenvalue weighted by Crippen LogP contribution is -2.55. The number of carbonyl (C=O) groups excluding carboxylic acids is 2. The van der Waals surface area contributed by atoms with Crippen LogP contribution in [0.2, 0.25) is 0 Å². The zero-order valence-corrected chi connectivity index (χ0v) is 17.9. The lowest BCUT2D eigenvalue weighted by Gasteiger charge is -2.36. The van der Waals surface area contributed by atoms with E-state index in [0.29, 0.717) is 31.1 Å². The summed E-state index contributed by atoms with van der Waals surface area (Å²) in [5.41, 5.74) is 6.11. The number of likely N-dealkylation sites (tertiary alicyclic amines) is 1. The highest BCUT2D eigenvalue weighted by Gasteiger charge is 2.33. The summed E-state index contributed by atoms with van der Waals surface area (Å²) < 4.78 is 0. The van der Waals surface area contributed by atoms with Crippen LogP contribution in [0.3, 0.4) is 0 Å². The van der Waals surface area contributed by atoms with E-state index < -0.39 is 5.54 Å². The van der Waals surface area contributed by atoms with E-state index in [9.17, 15) is 9.59 Å². The van der Waals surface area contributed by atoms with E-state index >= 15 is 0 Å². The summed E-state index contributed by atoms with van der Waals surface area (Å²) >= 11 is 0. The normalized spacial score (nSPS) is 18.7. The van der Waals surface area contributed by atoms with Crippen LogP contribution >= 0.6 is 24.8 Å². The summed E-state index contributed by atoms with van der Waals surface area (Å²) in [7, 11) is 0. The Labute approximate surface area is 174 Å². The Bertz CT molecular complexity index is 601. The molecule has 0 aliphatic carbocycles. The average Bonchev–Trinajstić information content (AvgIpc) is 2.61. The fourth-order valence-corrected chi connectivity index (χ4v) is 3.54. The fourth-order valence-electron chi connectivity index (χ4n) is 3.54. The second-order valence-corrected chi connectivity index (χ2v) is 7.68. The van der Waals surface area contributed by atoms with Crippen molar-refractivity contribution in [3.63, 3.8) is 0 Å². The van der Waals surface area contributed by atoms with Crippen LogP contribution in [0, 0.1) is 11.8 Å². The van der Waals surface area contributed by atoms with Crippen LogP contribution in [-0.2, 0) is 4.79 Å². The number of hydrogen-bond acceptors (Lipinski definition) is 4. The van der Waals surface area contributed by atoms with Gasteiger partial charge in [0, 0.05) is 43.1 Å². The quantitative estimate of drug-likeness (QED) is 0.742. The number of carbonyl (C=O) groups is 2. The second-order valence-electron chi connectivity index (χ2n) is 7.68. The van der Waals surface area contributed by atoms with Gasteiger partial charge in [-0.2, -0.15) is 0 Å². The third-order valence-corrected chi connectivity index (χ3v) is 4.74. The van der Waals surface area contributed by atoms with Crippen molar-refractivity contribution in [3.05, 3.63) is 30.1 Å². The van der Waals surface area contributed by atoms with Crippen molar-refractivity contribution in [2.45, 2.75) is 45.6 Å². The number of amides is 2. The van der Waals surface area contributed by atoms with Gasteiger partial charge in [0.05, 0.1) is 5.92 Å². The number of nitrogens with one attached hydrogen (secondary N) is 1. The number of nitrogens with zero attached hydrogens (tertiary/aromatic N) is 2. The lowest BCUT2D eigenvalue weighted by atomic mass is 9.89. The van der Waals surface area contributed by atoms with E-state index in [2.05, 4.69) is 24.1 Å². The van der Waals surface area contributed by atoms with Crippen LogP contribution in [0.1, 0.15) is 50.4 Å². The van der Waals surface area contributed by atoms with Crippen molar-refractivity contribution in [2.75, 3.05) is 19.6 Å². The van der Waals surface area contributed by atoms with Gasteiger partial charge in [0.15, 0.2) is 0 Å². The van der Waals surface area contributed by atoms with Gasteiger partial charge in [-0.3, -0.25) is 14.6 Å². The van der Waals surface area contributed by atoms with Crippen molar-refractivity contribution < 1.29 is 9.59 Å². The Morgan fingerprint density at radius 2 is 1.96 bits per heavy atom. The lowest BCUT2D eigenvalue weighted by molar-refractivity contribution is -0.128. The molecule has 2 rings (SSSR count). The molecule has 0 bridgehead atoms. The first-order valence-corrected chi connectivity index (χ1v) is 9.06. The molecule has 2 atom stereocenters. The Kier molecular flexibility index (Phi) is 10.9. The summed E-state index contributed by atoms with van der Waals surface area (Å²) in [6.07, 6.45) is 5.69. The number of nitrogens with two attached hydrogens (primary N) is 1. The fraction of sp³-hybridized carbons (Fsp3) is 0.632. The number of piperidine rings is 1. The van der Waals surface area contributed by atoms with Crippen LogP contribution in [0.25, 0.3) is 0 Å². The Morgan fingerprint density at radius 1 is 1.33 bits per heavy atom. The molecule has 1 fully saturated rings. The summed E-state index contributed by atoms with van der Waals surface area (Å²) in [6, 6.07) is 3.42.